The Morgan fingerprint density at radius 3 is 2.47 bits per heavy atom. The van der Waals surface area contributed by atoms with E-state index in [2.05, 4.69) is 11.1 Å². The Kier molecular flexibility index (Phi) is 7.55. The molecule has 0 spiro atoms. The second-order valence-corrected chi connectivity index (χ2v) is 8.33. The third-order valence-corrected chi connectivity index (χ3v) is 5.89. The van der Waals surface area contributed by atoms with Crippen molar-refractivity contribution in [3.63, 3.8) is 0 Å². The molecule has 0 aliphatic heterocycles. The van der Waals surface area contributed by atoms with Crippen molar-refractivity contribution in [2.75, 3.05) is 0 Å². The zero-order valence-corrected chi connectivity index (χ0v) is 20.1. The van der Waals surface area contributed by atoms with Crippen LogP contribution >= 0.6 is 0 Å². The molecule has 0 bridgehead atoms. The molecule has 0 aliphatic carbocycles. The Morgan fingerprint density at radius 1 is 1.03 bits per heavy atom. The Bertz CT molecular complexity index is 1490. The van der Waals surface area contributed by atoms with E-state index in [0.717, 1.165) is 41.3 Å². The molecule has 0 saturated heterocycles. The SMILES string of the molecule is CCCc1nc(=O)c(Oc2cc(F)ccc2F)c(CC)n1Cc1ccc(-c2ccccc2C#N)cc1. The van der Waals surface area contributed by atoms with Crippen LogP contribution in [0.1, 0.15) is 42.9 Å². The summed E-state index contributed by atoms with van der Waals surface area (Å²) < 4.78 is 35.5. The van der Waals surface area contributed by atoms with Gasteiger partial charge < -0.3 is 9.30 Å². The minimum absolute atomic E-state index is 0.110. The van der Waals surface area contributed by atoms with Crippen LogP contribution in [0.4, 0.5) is 8.78 Å². The fourth-order valence-electron chi connectivity index (χ4n) is 4.16. The lowest BCUT2D eigenvalue weighted by Crippen LogP contribution is -2.24. The highest BCUT2D eigenvalue weighted by atomic mass is 19.1. The van der Waals surface area contributed by atoms with E-state index in [-0.39, 0.29) is 11.5 Å². The smallest absolute Gasteiger partial charge is 0.316 e. The first-order chi connectivity index (χ1) is 17.4. The topological polar surface area (TPSA) is 67.9 Å². The molecule has 0 aliphatic rings. The molecule has 0 radical (unpaired) electrons. The van der Waals surface area contributed by atoms with Gasteiger partial charge in [0.25, 0.3) is 0 Å². The standard InChI is InChI=1S/C29H25F2N3O2/c1-3-7-27-33-29(35)28(36-26-16-22(30)14-15-24(26)31)25(4-2)34(27)18-19-10-12-20(13-11-19)23-9-6-5-8-21(23)17-32/h5-6,8-16H,3-4,7,18H2,1-2H3. The summed E-state index contributed by atoms with van der Waals surface area (Å²) in [6, 6.07) is 20.3. The lowest BCUT2D eigenvalue weighted by molar-refractivity contribution is 0.415. The number of hydrogen-bond acceptors (Lipinski definition) is 4. The molecule has 0 fully saturated rings. The molecule has 0 saturated carbocycles. The van der Waals surface area contributed by atoms with E-state index in [1.54, 1.807) is 6.07 Å². The number of rotatable bonds is 8. The number of halogens is 2. The molecule has 1 heterocycles. The number of aromatic nitrogens is 2. The second kappa shape index (κ2) is 11.0. The summed E-state index contributed by atoms with van der Waals surface area (Å²) >= 11 is 0. The van der Waals surface area contributed by atoms with Crippen molar-refractivity contribution < 1.29 is 13.5 Å². The van der Waals surface area contributed by atoms with Gasteiger partial charge >= 0.3 is 5.56 Å². The van der Waals surface area contributed by atoms with Crippen LogP contribution in [0.15, 0.2) is 71.5 Å². The van der Waals surface area contributed by atoms with Gasteiger partial charge in [-0.2, -0.15) is 10.2 Å². The molecule has 3 aromatic carbocycles. The van der Waals surface area contributed by atoms with Crippen molar-refractivity contribution in [1.29, 1.82) is 5.26 Å². The fraction of sp³-hybridized carbons (Fsp3) is 0.207. The molecule has 0 atom stereocenters. The molecule has 4 rings (SSSR count). The maximum Gasteiger partial charge on any atom is 0.316 e. The molecule has 4 aromatic rings. The highest BCUT2D eigenvalue weighted by Crippen LogP contribution is 2.28. The lowest BCUT2D eigenvalue weighted by atomic mass is 9.99. The molecule has 182 valence electrons. The monoisotopic (exact) mass is 485 g/mol. The van der Waals surface area contributed by atoms with Gasteiger partial charge in [-0.25, -0.2) is 8.78 Å². The van der Waals surface area contributed by atoms with Crippen LogP contribution in [0.3, 0.4) is 0 Å². The number of aryl methyl sites for hydroxylation is 1. The Balaban J connectivity index is 1.74. The minimum Gasteiger partial charge on any atom is -0.446 e. The molecule has 36 heavy (non-hydrogen) atoms. The Labute approximate surface area is 208 Å². The summed E-state index contributed by atoms with van der Waals surface area (Å²) in [5.41, 5.74) is 3.27. The lowest BCUT2D eigenvalue weighted by Gasteiger charge is -2.20. The quantitative estimate of drug-likeness (QED) is 0.289. The summed E-state index contributed by atoms with van der Waals surface area (Å²) in [6.07, 6.45) is 1.77. The zero-order valence-electron chi connectivity index (χ0n) is 20.1. The van der Waals surface area contributed by atoms with E-state index >= 15 is 0 Å². The van der Waals surface area contributed by atoms with E-state index in [1.807, 2.05) is 60.9 Å². The number of hydrogen-bond donors (Lipinski definition) is 0. The van der Waals surface area contributed by atoms with Gasteiger partial charge in [0.15, 0.2) is 11.6 Å². The van der Waals surface area contributed by atoms with Gasteiger partial charge in [-0.15, -0.1) is 0 Å². The molecule has 7 heteroatoms. The summed E-state index contributed by atoms with van der Waals surface area (Å²) in [5, 5.41) is 9.41. The van der Waals surface area contributed by atoms with Crippen LogP contribution in [-0.2, 0) is 19.4 Å². The van der Waals surface area contributed by atoms with Gasteiger partial charge in [0.1, 0.15) is 11.6 Å². The van der Waals surface area contributed by atoms with E-state index in [1.165, 1.54) is 0 Å². The third kappa shape index (κ3) is 5.18. The first-order valence-corrected chi connectivity index (χ1v) is 11.8. The molecular formula is C29H25F2N3O2. The van der Waals surface area contributed by atoms with Crippen molar-refractivity contribution in [2.45, 2.75) is 39.7 Å². The van der Waals surface area contributed by atoms with Crippen molar-refractivity contribution in [3.05, 3.63) is 111 Å². The van der Waals surface area contributed by atoms with Gasteiger partial charge in [0, 0.05) is 19.0 Å². The van der Waals surface area contributed by atoms with Crippen LogP contribution in [0.2, 0.25) is 0 Å². The summed E-state index contributed by atoms with van der Waals surface area (Å²) in [5.74, 6) is -1.31. The van der Waals surface area contributed by atoms with E-state index < -0.39 is 17.2 Å². The normalized spacial score (nSPS) is 10.8. The molecule has 5 nitrogen and oxygen atoms in total. The average molecular weight is 486 g/mol. The van der Waals surface area contributed by atoms with Crippen LogP contribution in [0, 0.1) is 23.0 Å². The number of benzene rings is 3. The highest BCUT2D eigenvalue weighted by molar-refractivity contribution is 5.70. The van der Waals surface area contributed by atoms with Gasteiger partial charge in [-0.3, -0.25) is 4.79 Å². The fourth-order valence-corrected chi connectivity index (χ4v) is 4.16. The average Bonchev–Trinajstić information content (AvgIpc) is 2.89. The van der Waals surface area contributed by atoms with Gasteiger partial charge in [-0.1, -0.05) is 56.3 Å². The number of ether oxygens (including phenoxy) is 1. The van der Waals surface area contributed by atoms with Gasteiger partial charge in [0.05, 0.1) is 17.3 Å². The summed E-state index contributed by atoms with van der Waals surface area (Å²) in [7, 11) is 0. The second-order valence-electron chi connectivity index (χ2n) is 8.33. The van der Waals surface area contributed by atoms with Crippen molar-refractivity contribution in [1.82, 2.24) is 9.55 Å². The predicted molar refractivity (Wildman–Crippen MR) is 134 cm³/mol. The largest absolute Gasteiger partial charge is 0.446 e. The van der Waals surface area contributed by atoms with Crippen LogP contribution < -0.4 is 10.3 Å². The molecule has 1 aromatic heterocycles. The number of nitrogens with zero attached hydrogens (tertiary/aromatic N) is 3. The molecule has 0 unspecified atom stereocenters. The van der Waals surface area contributed by atoms with Crippen molar-refractivity contribution >= 4 is 0 Å². The van der Waals surface area contributed by atoms with Gasteiger partial charge in [-0.05, 0) is 47.7 Å². The Hall–Kier alpha value is -4.31. The first-order valence-electron chi connectivity index (χ1n) is 11.8. The highest BCUT2D eigenvalue weighted by Gasteiger charge is 2.20. The van der Waals surface area contributed by atoms with Crippen molar-refractivity contribution in [3.8, 4) is 28.7 Å². The predicted octanol–water partition coefficient (Wildman–Crippen LogP) is 6.42. The van der Waals surface area contributed by atoms with Crippen LogP contribution in [0.5, 0.6) is 11.5 Å². The Morgan fingerprint density at radius 2 is 1.78 bits per heavy atom. The van der Waals surface area contributed by atoms with E-state index in [0.29, 0.717) is 36.5 Å². The summed E-state index contributed by atoms with van der Waals surface area (Å²) in [4.78, 5) is 17.1. The molecule has 0 N–H and O–H groups in total. The maximum atomic E-state index is 14.3. The zero-order chi connectivity index (χ0) is 25.7. The minimum atomic E-state index is -0.768. The third-order valence-electron chi connectivity index (χ3n) is 5.89. The van der Waals surface area contributed by atoms with Crippen LogP contribution in [0.25, 0.3) is 11.1 Å². The number of nitriles is 1. The molecular weight excluding hydrogens is 460 g/mol. The first kappa shape index (κ1) is 24.8. The van der Waals surface area contributed by atoms with Crippen LogP contribution in [-0.4, -0.2) is 9.55 Å². The van der Waals surface area contributed by atoms with E-state index in [9.17, 15) is 18.8 Å². The summed E-state index contributed by atoms with van der Waals surface area (Å²) in [6.45, 7) is 4.28. The maximum absolute atomic E-state index is 14.3. The van der Waals surface area contributed by atoms with E-state index in [4.69, 9.17) is 4.74 Å². The van der Waals surface area contributed by atoms with Crippen molar-refractivity contribution in [2.24, 2.45) is 0 Å². The van der Waals surface area contributed by atoms with Gasteiger partial charge in [0.2, 0.25) is 5.75 Å². The molecule has 0 amide bonds.